The van der Waals surface area contributed by atoms with Crippen molar-refractivity contribution < 1.29 is 115 Å². The van der Waals surface area contributed by atoms with Crippen LogP contribution in [0.3, 0.4) is 0 Å². The molecule has 0 unspecified atom stereocenters. The van der Waals surface area contributed by atoms with Gasteiger partial charge in [-0.05, 0) is 157 Å². The third-order valence-corrected chi connectivity index (χ3v) is 19.6. The van der Waals surface area contributed by atoms with Crippen LogP contribution in [-0.2, 0) is 87.7 Å². The Morgan fingerprint density at radius 1 is 0.442 bits per heavy atom. The van der Waals surface area contributed by atoms with E-state index in [1.165, 1.54) is 105 Å². The molecule has 0 aliphatic rings. The Morgan fingerprint density at radius 3 is 1.02 bits per heavy atom. The molecular formula is C63H47Br2Cl5F12N4O14S4. The second-order valence-electron chi connectivity index (χ2n) is 19.4. The quantitative estimate of drug-likeness (QED) is 0.0210. The standard InChI is InChI=1S/C17H13ClF3NO4S.C16H11ClF3NO4S.C13H8BrClF3NO2S.C7H5ClF3N.C6H4BrClO2S.C4H6O2/c1-26-16(23)8-5-11-3-2-4-13(9-11)27(24,25)22-15-10-12(17(19,20)21)6-7-14(15)18;17-13-6-5-11(16(18,19)20)9-14(13)21-26(24,25)12-3-1-2-10(8-12)4-7-15(22)23;14-9-2-1-3-10(7-9)22(20,21)19-12-6-8(13(16,17)18)4-5-11(12)15;8-5-2-1-4(3-6(5)12)7(9,10)11;7-5-2-1-3-6(4-5)11(8,9)10;1-3-4(5)6-2/h2-10,22H,1H3;1-9,21H,(H,22,23);1-7,19H;1-3H,12H2;1-4H;3H,1H2,2H3/b8-5+;7-4+;;;;. The first-order valence-corrected chi connectivity index (χ1v) is 37.0. The smallest absolute Gasteiger partial charge is 0.416 e. The van der Waals surface area contributed by atoms with Crippen molar-refractivity contribution in [2.24, 2.45) is 0 Å². The highest BCUT2D eigenvalue weighted by Crippen LogP contribution is 2.39. The molecule has 8 rings (SSSR count). The van der Waals surface area contributed by atoms with Gasteiger partial charge in [0.1, 0.15) is 0 Å². The lowest BCUT2D eigenvalue weighted by molar-refractivity contribution is -0.138. The number of nitrogens with one attached hydrogen (secondary N) is 3. The molecule has 0 aliphatic heterocycles. The van der Waals surface area contributed by atoms with Gasteiger partial charge in [0.25, 0.3) is 39.1 Å². The largest absolute Gasteiger partial charge is 0.478 e. The van der Waals surface area contributed by atoms with Crippen LogP contribution >= 0.6 is 88.9 Å². The molecule has 0 amide bonds. The number of carboxylic acid groups (broad SMARTS) is 1. The van der Waals surface area contributed by atoms with Crippen molar-refractivity contribution in [2.45, 2.75) is 44.3 Å². The van der Waals surface area contributed by atoms with Crippen LogP contribution in [0.5, 0.6) is 0 Å². The number of aliphatic carboxylic acids is 1. The summed E-state index contributed by atoms with van der Waals surface area (Å²) in [6.45, 7) is 3.16. The van der Waals surface area contributed by atoms with Crippen molar-refractivity contribution in [3.05, 3.63) is 257 Å². The summed E-state index contributed by atoms with van der Waals surface area (Å²) in [5.41, 5.74) is 0.734. The third-order valence-electron chi connectivity index (χ3n) is 11.9. The lowest BCUT2D eigenvalue weighted by atomic mass is 10.2. The van der Waals surface area contributed by atoms with E-state index in [1.54, 1.807) is 18.2 Å². The van der Waals surface area contributed by atoms with Crippen LogP contribution in [0.25, 0.3) is 12.2 Å². The number of halogens is 19. The van der Waals surface area contributed by atoms with Gasteiger partial charge >= 0.3 is 42.6 Å². The number of carboxylic acids is 1. The van der Waals surface area contributed by atoms with Crippen molar-refractivity contribution in [3.63, 3.8) is 0 Å². The summed E-state index contributed by atoms with van der Waals surface area (Å²) >= 11 is 29.1. The number of ether oxygens (including phenoxy) is 2. The van der Waals surface area contributed by atoms with E-state index in [9.17, 15) is 101 Å². The number of carbonyl (C=O) groups excluding carboxylic acids is 2. The van der Waals surface area contributed by atoms with Crippen LogP contribution < -0.4 is 19.9 Å². The molecule has 0 fully saturated rings. The molecule has 41 heteroatoms. The van der Waals surface area contributed by atoms with Gasteiger partial charge < -0.3 is 20.3 Å². The molecule has 0 aliphatic carbocycles. The summed E-state index contributed by atoms with van der Waals surface area (Å²) in [7, 11) is -8.51. The van der Waals surface area contributed by atoms with Crippen molar-refractivity contribution in [2.75, 3.05) is 34.1 Å². The van der Waals surface area contributed by atoms with E-state index in [0.717, 1.165) is 72.8 Å². The monoisotopic (exact) mass is 1770 g/mol. The third kappa shape index (κ3) is 30.6. The minimum absolute atomic E-state index is 0.0634. The molecule has 0 heterocycles. The molecule has 8 aromatic carbocycles. The minimum atomic E-state index is -4.66. The number of alkyl halides is 12. The average molecular weight is 1780 g/mol. The predicted molar refractivity (Wildman–Crippen MR) is 377 cm³/mol. The molecule has 18 nitrogen and oxygen atoms in total. The molecule has 0 saturated heterocycles. The normalized spacial score (nSPS) is 11.8. The van der Waals surface area contributed by atoms with Gasteiger partial charge in [-0.1, -0.05) is 121 Å². The highest BCUT2D eigenvalue weighted by molar-refractivity contribution is 9.10. The summed E-state index contributed by atoms with van der Waals surface area (Å²) in [6.07, 6.45) is -12.7. The minimum Gasteiger partial charge on any atom is -0.478 e. The molecule has 0 aromatic heterocycles. The maximum Gasteiger partial charge on any atom is 0.416 e. The molecule has 0 atom stereocenters. The van der Waals surface area contributed by atoms with Crippen LogP contribution in [0, 0.1) is 0 Å². The van der Waals surface area contributed by atoms with Crippen LogP contribution in [0.1, 0.15) is 33.4 Å². The van der Waals surface area contributed by atoms with Gasteiger partial charge in [0.2, 0.25) is 0 Å². The van der Waals surface area contributed by atoms with E-state index in [1.807, 2.05) is 9.44 Å². The van der Waals surface area contributed by atoms with Crippen LogP contribution in [0.15, 0.2) is 223 Å². The Kier molecular flexibility index (Phi) is 33.7. The maximum absolute atomic E-state index is 12.8. The van der Waals surface area contributed by atoms with Gasteiger partial charge in [0.05, 0.1) is 98.9 Å². The van der Waals surface area contributed by atoms with Crippen molar-refractivity contribution in [1.29, 1.82) is 0 Å². The number of anilines is 4. The number of benzene rings is 8. The van der Waals surface area contributed by atoms with Crippen LogP contribution in [-0.4, -0.2) is 70.9 Å². The fourth-order valence-electron chi connectivity index (χ4n) is 6.98. The number of hydrogen-bond acceptors (Lipinski definition) is 14. The lowest BCUT2D eigenvalue weighted by Crippen LogP contribution is -2.14. The maximum atomic E-state index is 12.8. The summed E-state index contributed by atoms with van der Waals surface area (Å²) < 4.78 is 262. The van der Waals surface area contributed by atoms with E-state index < -0.39 is 115 Å². The summed E-state index contributed by atoms with van der Waals surface area (Å²) in [5, 5.41) is 8.20. The van der Waals surface area contributed by atoms with Crippen molar-refractivity contribution in [1.82, 2.24) is 0 Å². The number of hydrogen-bond donors (Lipinski definition) is 5. The summed E-state index contributed by atoms with van der Waals surface area (Å²) in [5.74, 6) is -2.24. The highest BCUT2D eigenvalue weighted by Gasteiger charge is 2.35. The summed E-state index contributed by atoms with van der Waals surface area (Å²) in [4.78, 5) is 31.0. The Balaban J connectivity index is 0.000000342. The first-order chi connectivity index (χ1) is 47.8. The van der Waals surface area contributed by atoms with Crippen molar-refractivity contribution in [3.8, 4) is 0 Å². The van der Waals surface area contributed by atoms with Gasteiger partial charge in [0.15, 0.2) is 0 Å². The predicted octanol–water partition coefficient (Wildman–Crippen LogP) is 19.2. The zero-order chi connectivity index (χ0) is 79.1. The second kappa shape index (κ2) is 38.8. The first-order valence-electron chi connectivity index (χ1n) is 27.2. The van der Waals surface area contributed by atoms with Crippen LogP contribution in [0.2, 0.25) is 20.1 Å². The first kappa shape index (κ1) is 90.2. The summed E-state index contributed by atoms with van der Waals surface area (Å²) in [6, 6.07) is 32.4. The van der Waals surface area contributed by atoms with E-state index in [4.69, 9.17) is 67.9 Å². The molecule has 8 aromatic rings. The molecule has 104 heavy (non-hydrogen) atoms. The Bertz CT molecular complexity index is 4950. The molecule has 560 valence electrons. The molecule has 6 N–H and O–H groups in total. The van der Waals surface area contributed by atoms with Gasteiger partial charge in [-0.3, -0.25) is 14.2 Å². The van der Waals surface area contributed by atoms with E-state index in [2.05, 4.69) is 52.6 Å². The van der Waals surface area contributed by atoms with Gasteiger partial charge in [-0.25, -0.2) is 48.1 Å². The number of sulfonamides is 3. The number of rotatable bonds is 15. The lowest BCUT2D eigenvalue weighted by Gasteiger charge is -2.13. The molecule has 0 radical (unpaired) electrons. The Hall–Kier alpha value is -8.04. The van der Waals surface area contributed by atoms with E-state index in [0.29, 0.717) is 32.7 Å². The van der Waals surface area contributed by atoms with E-state index in [-0.39, 0.29) is 56.6 Å². The van der Waals surface area contributed by atoms with Crippen molar-refractivity contribution >= 4 is 181 Å². The molecular weight excluding hydrogens is 1730 g/mol. The fourth-order valence-corrected chi connectivity index (χ4v) is 13.0. The average Bonchev–Trinajstić information content (AvgIpc) is 0.810. The number of nitrogens with two attached hydrogens (primary N) is 1. The fraction of sp³-hybridized carbons (Fsp3) is 0.0952. The molecule has 0 spiro atoms. The highest BCUT2D eigenvalue weighted by atomic mass is 79.9. The van der Waals surface area contributed by atoms with Crippen LogP contribution in [0.4, 0.5) is 75.4 Å². The topological polar surface area (TPSA) is 289 Å². The zero-order valence-corrected chi connectivity index (χ0v) is 62.1. The molecule has 0 saturated carbocycles. The second-order valence-corrected chi connectivity index (χ2v) is 30.5. The van der Waals surface area contributed by atoms with Gasteiger partial charge in [-0.2, -0.15) is 52.7 Å². The number of esters is 2. The van der Waals surface area contributed by atoms with E-state index >= 15 is 0 Å². The number of carbonyl (C=O) groups is 3. The van der Waals surface area contributed by atoms with Gasteiger partial charge in [-0.15, -0.1) is 0 Å². The Morgan fingerprint density at radius 2 is 0.740 bits per heavy atom. The molecule has 0 bridgehead atoms. The Labute approximate surface area is 626 Å². The SMILES string of the molecule is C=CC(=O)OC.COC(=O)/C=C/c1cccc(S(=O)(=O)Nc2cc(C(F)(F)F)ccc2Cl)c1.Nc1cc(C(F)(F)F)ccc1Cl.O=C(O)/C=C/c1cccc(S(=O)(=O)Nc2cc(C(F)(F)F)ccc2Cl)c1.O=S(=O)(Cl)c1cccc(Br)c1.O=S(=O)(Nc1cc(C(F)(F)F)ccc1Cl)c1cccc(Br)c1. The number of methoxy groups -OCH3 is 2. The zero-order valence-electron chi connectivity index (χ0n) is 51.9. The van der Waals surface area contributed by atoms with Gasteiger partial charge in [0, 0.05) is 37.9 Å². The number of nitrogen functional groups attached to an aromatic ring is 1.